The fraction of sp³-hybridized carbons (Fsp3) is 0.471. The Labute approximate surface area is 160 Å². The summed E-state index contributed by atoms with van der Waals surface area (Å²) in [5.74, 6) is 0.136. The summed E-state index contributed by atoms with van der Waals surface area (Å²) < 4.78 is 0. The predicted molar refractivity (Wildman–Crippen MR) is 103 cm³/mol. The minimum atomic E-state index is -0.381. The fourth-order valence-electron chi connectivity index (χ4n) is 3.03. The lowest BCUT2D eigenvalue weighted by atomic mass is 9.94. The average molecular weight is 389 g/mol. The van der Waals surface area contributed by atoms with E-state index in [0.717, 1.165) is 30.8 Å². The number of rotatable bonds is 5. The van der Waals surface area contributed by atoms with Crippen LogP contribution in [0.5, 0.6) is 0 Å². The van der Waals surface area contributed by atoms with Crippen LogP contribution >= 0.6 is 23.1 Å². The third-order valence-corrected chi connectivity index (χ3v) is 6.08. The lowest BCUT2D eigenvalue weighted by Crippen LogP contribution is -2.45. The van der Waals surface area contributed by atoms with Crippen molar-refractivity contribution in [1.29, 1.82) is 5.26 Å². The SMILES string of the molecule is CC(Sc1ncc(C#N)c(N)n1)C(=O)N(c1nccs1)C1CCCCC1. The van der Waals surface area contributed by atoms with Crippen LogP contribution < -0.4 is 10.6 Å². The van der Waals surface area contributed by atoms with Gasteiger partial charge in [0.2, 0.25) is 5.91 Å². The molecule has 2 heterocycles. The topological polar surface area (TPSA) is 109 Å². The maximum absolute atomic E-state index is 13.2. The molecule has 0 spiro atoms. The number of hydrogen-bond acceptors (Lipinski definition) is 8. The summed E-state index contributed by atoms with van der Waals surface area (Å²) in [4.78, 5) is 27.7. The number of thioether (sulfide) groups is 1. The van der Waals surface area contributed by atoms with Crippen molar-refractivity contribution in [1.82, 2.24) is 15.0 Å². The molecule has 9 heteroatoms. The number of nitrogens with zero attached hydrogens (tertiary/aromatic N) is 5. The van der Waals surface area contributed by atoms with E-state index in [1.807, 2.05) is 23.3 Å². The van der Waals surface area contributed by atoms with Crippen molar-refractivity contribution in [3.8, 4) is 6.07 Å². The minimum absolute atomic E-state index is 0.00313. The van der Waals surface area contributed by atoms with Crippen LogP contribution in [0.4, 0.5) is 10.9 Å². The molecule has 0 radical (unpaired) electrons. The smallest absolute Gasteiger partial charge is 0.242 e. The molecule has 0 saturated heterocycles. The zero-order valence-corrected chi connectivity index (χ0v) is 16.1. The number of thiazole rings is 1. The van der Waals surface area contributed by atoms with Crippen LogP contribution in [0.1, 0.15) is 44.6 Å². The average Bonchev–Trinajstić information content (AvgIpc) is 3.17. The summed E-state index contributed by atoms with van der Waals surface area (Å²) in [5.41, 5.74) is 5.98. The number of nitrogens with two attached hydrogens (primary N) is 1. The third-order valence-electron chi connectivity index (χ3n) is 4.35. The first-order valence-electron chi connectivity index (χ1n) is 8.52. The molecule has 7 nitrogen and oxygen atoms in total. The Kier molecular flexibility index (Phi) is 6.06. The molecule has 1 unspecified atom stereocenters. The molecule has 1 saturated carbocycles. The molecule has 1 fully saturated rings. The van der Waals surface area contributed by atoms with Crippen LogP contribution in [0.3, 0.4) is 0 Å². The summed E-state index contributed by atoms with van der Waals surface area (Å²) in [6.45, 7) is 1.84. The van der Waals surface area contributed by atoms with Crippen LogP contribution in [-0.4, -0.2) is 32.2 Å². The first-order chi connectivity index (χ1) is 12.6. The Balaban J connectivity index is 1.77. The van der Waals surface area contributed by atoms with Crippen molar-refractivity contribution in [2.24, 2.45) is 0 Å². The van der Waals surface area contributed by atoms with Crippen LogP contribution in [0.2, 0.25) is 0 Å². The molecule has 1 amide bonds. The molecule has 0 aromatic carbocycles. The molecule has 2 aromatic heterocycles. The first-order valence-corrected chi connectivity index (χ1v) is 10.3. The van der Waals surface area contributed by atoms with E-state index in [1.165, 1.54) is 35.7 Å². The number of carbonyl (C=O) groups is 1. The highest BCUT2D eigenvalue weighted by Gasteiger charge is 2.32. The standard InChI is InChI=1S/C17H20N6OS2/c1-11(26-16-21-10-12(9-18)14(19)22-16)15(24)23(17-20-7-8-25-17)13-5-3-2-4-6-13/h7-8,10-11,13H,2-6H2,1H3,(H2,19,21,22). The third kappa shape index (κ3) is 4.14. The summed E-state index contributed by atoms with van der Waals surface area (Å²) in [5, 5.41) is 11.6. The van der Waals surface area contributed by atoms with Crippen molar-refractivity contribution < 1.29 is 4.79 Å². The molecular formula is C17H20N6OS2. The van der Waals surface area contributed by atoms with Gasteiger partial charge < -0.3 is 5.73 Å². The van der Waals surface area contributed by atoms with Gasteiger partial charge in [0.15, 0.2) is 10.3 Å². The summed E-state index contributed by atoms with van der Waals surface area (Å²) >= 11 is 2.73. The zero-order valence-electron chi connectivity index (χ0n) is 14.5. The highest BCUT2D eigenvalue weighted by atomic mass is 32.2. The van der Waals surface area contributed by atoms with Crippen molar-refractivity contribution >= 4 is 40.0 Å². The maximum atomic E-state index is 13.2. The van der Waals surface area contributed by atoms with Crippen molar-refractivity contribution in [3.05, 3.63) is 23.3 Å². The van der Waals surface area contributed by atoms with Gasteiger partial charge in [-0.05, 0) is 19.8 Å². The van der Waals surface area contributed by atoms with Gasteiger partial charge in [-0.3, -0.25) is 9.69 Å². The highest BCUT2D eigenvalue weighted by Crippen LogP contribution is 2.32. The van der Waals surface area contributed by atoms with Crippen LogP contribution in [0.25, 0.3) is 0 Å². The lowest BCUT2D eigenvalue weighted by molar-refractivity contribution is -0.118. The van der Waals surface area contributed by atoms with Crippen LogP contribution in [-0.2, 0) is 4.79 Å². The van der Waals surface area contributed by atoms with E-state index < -0.39 is 0 Å². The maximum Gasteiger partial charge on any atom is 0.242 e. The summed E-state index contributed by atoms with van der Waals surface area (Å²) in [6.07, 6.45) is 8.62. The second kappa shape index (κ2) is 8.47. The number of carbonyl (C=O) groups excluding carboxylic acids is 1. The van der Waals surface area contributed by atoms with Crippen LogP contribution in [0.15, 0.2) is 22.9 Å². The summed E-state index contributed by atoms with van der Waals surface area (Å²) in [6, 6.07) is 2.13. The second-order valence-electron chi connectivity index (χ2n) is 6.14. The van der Waals surface area contributed by atoms with Gasteiger partial charge in [-0.2, -0.15) is 5.26 Å². The van der Waals surface area contributed by atoms with E-state index in [4.69, 9.17) is 11.0 Å². The Morgan fingerprint density at radius 2 is 2.19 bits per heavy atom. The van der Waals surface area contributed by atoms with E-state index in [2.05, 4.69) is 15.0 Å². The molecule has 1 atom stereocenters. The Morgan fingerprint density at radius 1 is 1.42 bits per heavy atom. The van der Waals surface area contributed by atoms with Crippen LogP contribution in [0, 0.1) is 11.3 Å². The largest absolute Gasteiger partial charge is 0.382 e. The Bertz CT molecular complexity index is 798. The van der Waals surface area contributed by atoms with Gasteiger partial charge in [0.05, 0.1) is 11.4 Å². The first kappa shape index (κ1) is 18.6. The second-order valence-corrected chi connectivity index (χ2v) is 8.32. The molecule has 136 valence electrons. The van der Waals surface area contributed by atoms with E-state index in [9.17, 15) is 4.79 Å². The monoisotopic (exact) mass is 388 g/mol. The normalized spacial score (nSPS) is 16.0. The van der Waals surface area contributed by atoms with Gasteiger partial charge in [0.25, 0.3) is 0 Å². The Morgan fingerprint density at radius 3 is 2.81 bits per heavy atom. The zero-order chi connectivity index (χ0) is 18.5. The molecule has 1 aliphatic rings. The number of nitriles is 1. The van der Waals surface area contributed by atoms with Gasteiger partial charge in [0.1, 0.15) is 17.5 Å². The van der Waals surface area contributed by atoms with E-state index in [1.54, 1.807) is 6.20 Å². The van der Waals surface area contributed by atoms with Crippen molar-refractivity contribution in [2.75, 3.05) is 10.6 Å². The molecule has 1 aliphatic carbocycles. The van der Waals surface area contributed by atoms with Crippen molar-refractivity contribution in [3.63, 3.8) is 0 Å². The van der Waals surface area contributed by atoms with Gasteiger partial charge in [0, 0.05) is 17.6 Å². The van der Waals surface area contributed by atoms with E-state index in [0.29, 0.717) is 5.16 Å². The molecule has 0 bridgehead atoms. The minimum Gasteiger partial charge on any atom is -0.382 e. The Hall–Kier alpha value is -2.18. The van der Waals surface area contributed by atoms with Crippen molar-refractivity contribution in [2.45, 2.75) is 55.5 Å². The predicted octanol–water partition coefficient (Wildman–Crippen LogP) is 3.23. The van der Waals surface area contributed by atoms with E-state index in [-0.39, 0.29) is 28.6 Å². The van der Waals surface area contributed by atoms with Gasteiger partial charge in [-0.25, -0.2) is 15.0 Å². The number of nitrogen functional groups attached to an aromatic ring is 1. The molecule has 2 aromatic rings. The lowest BCUT2D eigenvalue weighted by Gasteiger charge is -2.33. The summed E-state index contributed by atoms with van der Waals surface area (Å²) in [7, 11) is 0. The quantitative estimate of drug-likeness (QED) is 0.618. The number of hydrogen-bond donors (Lipinski definition) is 1. The fourth-order valence-corrected chi connectivity index (χ4v) is 4.54. The van der Waals surface area contributed by atoms with Gasteiger partial charge in [-0.15, -0.1) is 11.3 Å². The number of aromatic nitrogens is 3. The molecule has 0 aliphatic heterocycles. The molecule has 3 rings (SSSR count). The van der Waals surface area contributed by atoms with Gasteiger partial charge >= 0.3 is 0 Å². The van der Waals surface area contributed by atoms with E-state index >= 15 is 0 Å². The molecular weight excluding hydrogens is 368 g/mol. The van der Waals surface area contributed by atoms with Gasteiger partial charge in [-0.1, -0.05) is 31.0 Å². The molecule has 26 heavy (non-hydrogen) atoms. The number of amides is 1. The number of anilines is 2. The molecule has 2 N–H and O–H groups in total. The highest BCUT2D eigenvalue weighted by molar-refractivity contribution is 8.00.